The molecule has 0 heterocycles. The summed E-state index contributed by atoms with van der Waals surface area (Å²) in [7, 11) is 0. The van der Waals surface area contributed by atoms with Gasteiger partial charge in [-0.2, -0.15) is 0 Å². The zero-order chi connectivity index (χ0) is 15.5. The molecule has 0 aromatic heterocycles. The van der Waals surface area contributed by atoms with Crippen molar-refractivity contribution in [1.82, 2.24) is 10.6 Å². The smallest absolute Gasteiger partial charge is 0.248 e. The van der Waals surface area contributed by atoms with Crippen LogP contribution in [0.3, 0.4) is 0 Å². The summed E-state index contributed by atoms with van der Waals surface area (Å²) in [5, 5.41) is 5.24. The quantitative estimate of drug-likeness (QED) is 0.335. The van der Waals surface area contributed by atoms with Gasteiger partial charge in [-0.15, -0.1) is 0 Å². The molecule has 0 aromatic carbocycles. The molecule has 2 amide bonds. The fraction of sp³-hybridized carbons (Fsp3) is 0.429. The molecule has 1 rings (SSSR count). The third kappa shape index (κ3) is 8.03. The standard InChI is InChI=1S/C14H22N4O3/c15-7-9-21-10-8-17-13(19)5-6-14(20)18-12-3-1-11(16)2-4-12/h1,3-6,11H,2,7-10,15-16H2,(H,17,19)(H,18,20)/b6-5-. The van der Waals surface area contributed by atoms with Crippen LogP contribution in [0.4, 0.5) is 0 Å². The fourth-order valence-electron chi connectivity index (χ4n) is 1.56. The molecule has 0 spiro atoms. The Balaban J connectivity index is 2.21. The molecular weight excluding hydrogens is 272 g/mol. The summed E-state index contributed by atoms with van der Waals surface area (Å²) in [6, 6.07) is -0.00605. The molecule has 6 N–H and O–H groups in total. The lowest BCUT2D eigenvalue weighted by molar-refractivity contribution is -0.118. The summed E-state index contributed by atoms with van der Waals surface area (Å²) in [6.45, 7) is 1.67. The Bertz CT molecular complexity index is 444. The van der Waals surface area contributed by atoms with Crippen LogP contribution in [0, 0.1) is 0 Å². The van der Waals surface area contributed by atoms with E-state index in [1.807, 2.05) is 12.2 Å². The van der Waals surface area contributed by atoms with Crippen molar-refractivity contribution in [2.75, 3.05) is 26.3 Å². The van der Waals surface area contributed by atoms with Gasteiger partial charge in [0.25, 0.3) is 0 Å². The molecule has 1 atom stereocenters. The number of amides is 2. The molecule has 7 nitrogen and oxygen atoms in total. The molecule has 21 heavy (non-hydrogen) atoms. The molecule has 0 bridgehead atoms. The zero-order valence-corrected chi connectivity index (χ0v) is 11.9. The molecule has 1 aliphatic rings. The lowest BCUT2D eigenvalue weighted by Crippen LogP contribution is -2.27. The van der Waals surface area contributed by atoms with E-state index in [0.717, 1.165) is 0 Å². The molecule has 0 radical (unpaired) electrons. The van der Waals surface area contributed by atoms with Crippen molar-refractivity contribution in [2.45, 2.75) is 12.5 Å². The van der Waals surface area contributed by atoms with Gasteiger partial charge in [0.05, 0.1) is 13.2 Å². The monoisotopic (exact) mass is 294 g/mol. The van der Waals surface area contributed by atoms with Gasteiger partial charge >= 0.3 is 0 Å². The molecule has 7 heteroatoms. The van der Waals surface area contributed by atoms with E-state index in [1.54, 1.807) is 6.08 Å². The minimum absolute atomic E-state index is 0.00605. The van der Waals surface area contributed by atoms with E-state index in [4.69, 9.17) is 16.2 Å². The molecule has 0 aromatic rings. The van der Waals surface area contributed by atoms with Crippen LogP contribution in [0.5, 0.6) is 0 Å². The zero-order valence-electron chi connectivity index (χ0n) is 11.9. The second kappa shape index (κ2) is 9.87. The van der Waals surface area contributed by atoms with Crippen LogP contribution in [-0.2, 0) is 14.3 Å². The Morgan fingerprint density at radius 1 is 1.33 bits per heavy atom. The lowest BCUT2D eigenvalue weighted by atomic mass is 10.1. The number of ether oxygens (including phenoxy) is 1. The number of nitrogens with one attached hydrogen (secondary N) is 2. The van der Waals surface area contributed by atoms with Crippen LogP contribution < -0.4 is 22.1 Å². The third-order valence-corrected chi connectivity index (χ3v) is 2.59. The Labute approximate surface area is 124 Å². The van der Waals surface area contributed by atoms with Crippen molar-refractivity contribution in [3.8, 4) is 0 Å². The summed E-state index contributed by atoms with van der Waals surface area (Å²) < 4.78 is 5.10. The van der Waals surface area contributed by atoms with Crippen LogP contribution in [0.15, 0.2) is 36.1 Å². The lowest BCUT2D eigenvalue weighted by Gasteiger charge is -2.11. The summed E-state index contributed by atoms with van der Waals surface area (Å²) in [6.07, 6.45) is 8.43. The third-order valence-electron chi connectivity index (χ3n) is 2.59. The molecule has 0 saturated carbocycles. The van der Waals surface area contributed by atoms with Gasteiger partial charge in [0.1, 0.15) is 0 Å². The fourth-order valence-corrected chi connectivity index (χ4v) is 1.56. The van der Waals surface area contributed by atoms with E-state index in [-0.39, 0.29) is 17.9 Å². The largest absolute Gasteiger partial charge is 0.378 e. The van der Waals surface area contributed by atoms with Crippen molar-refractivity contribution in [2.24, 2.45) is 11.5 Å². The number of nitrogens with two attached hydrogens (primary N) is 2. The van der Waals surface area contributed by atoms with E-state index in [1.165, 1.54) is 12.2 Å². The van der Waals surface area contributed by atoms with Gasteiger partial charge in [0.15, 0.2) is 0 Å². The van der Waals surface area contributed by atoms with Crippen molar-refractivity contribution in [3.05, 3.63) is 36.1 Å². The van der Waals surface area contributed by atoms with Crippen molar-refractivity contribution in [1.29, 1.82) is 0 Å². The van der Waals surface area contributed by atoms with E-state index in [0.29, 0.717) is 38.4 Å². The molecule has 0 aliphatic heterocycles. The van der Waals surface area contributed by atoms with Gasteiger partial charge in [0.2, 0.25) is 11.8 Å². The molecule has 116 valence electrons. The number of allylic oxidation sites excluding steroid dienone is 1. The maximum atomic E-state index is 11.6. The maximum absolute atomic E-state index is 11.6. The first-order valence-electron chi connectivity index (χ1n) is 6.80. The van der Waals surface area contributed by atoms with Gasteiger partial charge in [-0.25, -0.2) is 0 Å². The topological polar surface area (TPSA) is 119 Å². The van der Waals surface area contributed by atoms with E-state index in [9.17, 15) is 9.59 Å². The van der Waals surface area contributed by atoms with Crippen LogP contribution >= 0.6 is 0 Å². The molecule has 0 fully saturated rings. The Kier molecular flexibility index (Phi) is 8.03. The minimum atomic E-state index is -0.365. The highest BCUT2D eigenvalue weighted by atomic mass is 16.5. The number of carbonyl (C=O) groups excluding carboxylic acids is 2. The van der Waals surface area contributed by atoms with E-state index in [2.05, 4.69) is 10.6 Å². The first-order chi connectivity index (χ1) is 10.1. The molecule has 0 saturated heterocycles. The van der Waals surface area contributed by atoms with Crippen LogP contribution in [-0.4, -0.2) is 44.2 Å². The van der Waals surface area contributed by atoms with Crippen LogP contribution in [0.1, 0.15) is 6.42 Å². The first kappa shape index (κ1) is 17.1. The van der Waals surface area contributed by atoms with Gasteiger partial charge in [-0.1, -0.05) is 12.2 Å². The van der Waals surface area contributed by atoms with E-state index >= 15 is 0 Å². The maximum Gasteiger partial charge on any atom is 0.248 e. The molecule has 1 unspecified atom stereocenters. The Morgan fingerprint density at radius 2 is 2.10 bits per heavy atom. The van der Waals surface area contributed by atoms with E-state index < -0.39 is 0 Å². The van der Waals surface area contributed by atoms with Crippen molar-refractivity contribution < 1.29 is 14.3 Å². The highest BCUT2D eigenvalue weighted by Crippen LogP contribution is 2.05. The summed E-state index contributed by atoms with van der Waals surface area (Å²) >= 11 is 0. The average Bonchev–Trinajstić information content (AvgIpc) is 2.47. The SMILES string of the molecule is NCCOCCNC(=O)/C=C\C(=O)NC1=CCC(N)C=C1. The van der Waals surface area contributed by atoms with Crippen molar-refractivity contribution >= 4 is 11.8 Å². The first-order valence-corrected chi connectivity index (χ1v) is 6.80. The summed E-state index contributed by atoms with van der Waals surface area (Å²) in [5.41, 5.74) is 11.6. The second-order valence-corrected chi connectivity index (χ2v) is 4.43. The predicted molar refractivity (Wildman–Crippen MR) is 80.0 cm³/mol. The Hall–Kier alpha value is -1.96. The summed E-state index contributed by atoms with van der Waals surface area (Å²) in [4.78, 5) is 23.0. The van der Waals surface area contributed by atoms with Gasteiger partial charge in [0, 0.05) is 37.0 Å². The highest BCUT2D eigenvalue weighted by molar-refractivity contribution is 5.97. The highest BCUT2D eigenvalue weighted by Gasteiger charge is 2.05. The number of carbonyl (C=O) groups is 2. The minimum Gasteiger partial charge on any atom is -0.378 e. The Morgan fingerprint density at radius 3 is 2.76 bits per heavy atom. The second-order valence-electron chi connectivity index (χ2n) is 4.43. The average molecular weight is 294 g/mol. The van der Waals surface area contributed by atoms with Crippen molar-refractivity contribution in [3.63, 3.8) is 0 Å². The van der Waals surface area contributed by atoms with Gasteiger partial charge < -0.3 is 26.8 Å². The number of rotatable bonds is 8. The normalized spacial score (nSPS) is 17.6. The van der Waals surface area contributed by atoms with Crippen LogP contribution in [0.2, 0.25) is 0 Å². The number of hydrogen-bond donors (Lipinski definition) is 4. The molecule has 1 aliphatic carbocycles. The van der Waals surface area contributed by atoms with Crippen LogP contribution in [0.25, 0.3) is 0 Å². The summed E-state index contributed by atoms with van der Waals surface area (Å²) in [5.74, 6) is -0.715. The molecular formula is C14H22N4O3. The predicted octanol–water partition coefficient (Wildman–Crippen LogP) is -1.08. The number of hydrogen-bond acceptors (Lipinski definition) is 5. The van der Waals surface area contributed by atoms with Gasteiger partial charge in [-0.3, -0.25) is 9.59 Å². The van der Waals surface area contributed by atoms with Gasteiger partial charge in [-0.05, 0) is 12.5 Å².